The minimum absolute atomic E-state index is 0.0824. The minimum Gasteiger partial charge on any atom is -0.478 e. The molecule has 1 fully saturated rings. The number of nitrogens with zero attached hydrogens (tertiary/aromatic N) is 1. The predicted molar refractivity (Wildman–Crippen MR) is 67.3 cm³/mol. The summed E-state index contributed by atoms with van der Waals surface area (Å²) in [4.78, 5) is 24.9. The molecule has 5 heteroatoms. The van der Waals surface area contributed by atoms with Crippen LogP contribution in [-0.4, -0.2) is 48.2 Å². The van der Waals surface area contributed by atoms with Gasteiger partial charge in [0.2, 0.25) is 0 Å². The predicted octanol–water partition coefficient (Wildman–Crippen LogP) is 1.44. The minimum atomic E-state index is -1.06. The summed E-state index contributed by atoms with van der Waals surface area (Å²) in [6.45, 7) is 5.63. The molecule has 1 aliphatic heterocycles. The summed E-state index contributed by atoms with van der Waals surface area (Å²) in [6, 6.07) is 0. The van der Waals surface area contributed by atoms with E-state index in [4.69, 9.17) is 9.84 Å². The van der Waals surface area contributed by atoms with Gasteiger partial charge in [0.25, 0.3) is 0 Å². The van der Waals surface area contributed by atoms with E-state index < -0.39 is 11.9 Å². The second-order valence-electron chi connectivity index (χ2n) is 4.47. The van der Waals surface area contributed by atoms with Crippen LogP contribution in [0.3, 0.4) is 0 Å². The Morgan fingerprint density at radius 2 is 1.83 bits per heavy atom. The van der Waals surface area contributed by atoms with Gasteiger partial charge in [-0.1, -0.05) is 6.42 Å². The Kier molecular flexibility index (Phi) is 5.85. The van der Waals surface area contributed by atoms with E-state index in [1.807, 2.05) is 0 Å². The van der Waals surface area contributed by atoms with Crippen LogP contribution in [0.4, 0.5) is 0 Å². The van der Waals surface area contributed by atoms with Crippen molar-refractivity contribution in [2.45, 2.75) is 33.1 Å². The third kappa shape index (κ3) is 4.14. The van der Waals surface area contributed by atoms with Gasteiger partial charge in [0.15, 0.2) is 0 Å². The fourth-order valence-corrected chi connectivity index (χ4v) is 2.02. The average molecular weight is 255 g/mol. The topological polar surface area (TPSA) is 66.8 Å². The standard InChI is InChI=1S/C13H21NO4/c1-3-18-13(17)11(10(2)12(15)16)9-14-7-5-4-6-8-14/h3-9H2,1-2H3,(H,15,16). The van der Waals surface area contributed by atoms with Crippen LogP contribution in [0, 0.1) is 0 Å². The van der Waals surface area contributed by atoms with Crippen LogP contribution in [0.5, 0.6) is 0 Å². The molecule has 0 unspecified atom stereocenters. The zero-order valence-electron chi connectivity index (χ0n) is 11.1. The van der Waals surface area contributed by atoms with Gasteiger partial charge in [-0.25, -0.2) is 9.59 Å². The van der Waals surface area contributed by atoms with Crippen molar-refractivity contribution in [3.63, 3.8) is 0 Å². The second kappa shape index (κ2) is 7.16. The molecule has 0 aromatic rings. The van der Waals surface area contributed by atoms with Crippen molar-refractivity contribution >= 4 is 11.9 Å². The van der Waals surface area contributed by atoms with Crippen molar-refractivity contribution in [2.75, 3.05) is 26.2 Å². The normalized spacial score (nSPS) is 18.1. The molecule has 0 amide bonds. The van der Waals surface area contributed by atoms with Crippen molar-refractivity contribution in [1.29, 1.82) is 0 Å². The Morgan fingerprint density at radius 1 is 1.22 bits per heavy atom. The quantitative estimate of drug-likeness (QED) is 0.594. The number of hydrogen-bond acceptors (Lipinski definition) is 4. The van der Waals surface area contributed by atoms with Gasteiger partial charge in [-0.15, -0.1) is 0 Å². The molecule has 1 heterocycles. The lowest BCUT2D eigenvalue weighted by Gasteiger charge is -2.27. The number of carboxylic acid groups (broad SMARTS) is 1. The van der Waals surface area contributed by atoms with Gasteiger partial charge in [0.1, 0.15) is 0 Å². The molecule has 5 nitrogen and oxygen atoms in total. The maximum atomic E-state index is 11.8. The molecule has 0 atom stereocenters. The molecule has 1 aliphatic rings. The Morgan fingerprint density at radius 3 is 2.33 bits per heavy atom. The molecule has 0 saturated carbocycles. The fourth-order valence-electron chi connectivity index (χ4n) is 2.02. The number of ether oxygens (including phenoxy) is 1. The lowest BCUT2D eigenvalue weighted by atomic mass is 10.1. The number of carbonyl (C=O) groups is 2. The summed E-state index contributed by atoms with van der Waals surface area (Å²) in [7, 11) is 0. The summed E-state index contributed by atoms with van der Waals surface area (Å²) in [5.74, 6) is -1.57. The van der Waals surface area contributed by atoms with Gasteiger partial charge in [0.05, 0.1) is 12.2 Å². The Balaban J connectivity index is 2.80. The number of rotatable bonds is 5. The lowest BCUT2D eigenvalue weighted by molar-refractivity contribution is -0.140. The van der Waals surface area contributed by atoms with Gasteiger partial charge < -0.3 is 9.84 Å². The van der Waals surface area contributed by atoms with Gasteiger partial charge in [-0.3, -0.25) is 4.90 Å². The number of aliphatic carboxylic acids is 1. The van der Waals surface area contributed by atoms with E-state index in [0.717, 1.165) is 25.9 Å². The number of carboxylic acids is 1. The van der Waals surface area contributed by atoms with Gasteiger partial charge >= 0.3 is 11.9 Å². The highest BCUT2D eigenvalue weighted by Crippen LogP contribution is 2.14. The van der Waals surface area contributed by atoms with Crippen LogP contribution in [0.25, 0.3) is 0 Å². The lowest BCUT2D eigenvalue weighted by Crippen LogP contribution is -2.34. The number of carbonyl (C=O) groups excluding carboxylic acids is 1. The highest BCUT2D eigenvalue weighted by atomic mass is 16.5. The first kappa shape index (κ1) is 14.7. The summed E-state index contributed by atoms with van der Waals surface area (Å²) in [5, 5.41) is 9.01. The van der Waals surface area contributed by atoms with E-state index in [0.29, 0.717) is 6.54 Å². The SMILES string of the molecule is CCOC(=O)C(CN1CCCCC1)=C(C)C(=O)O. The fraction of sp³-hybridized carbons (Fsp3) is 0.692. The molecule has 0 bridgehead atoms. The first-order valence-corrected chi connectivity index (χ1v) is 6.38. The number of esters is 1. The van der Waals surface area contributed by atoms with Crippen LogP contribution in [0.2, 0.25) is 0 Å². The summed E-state index contributed by atoms with van der Waals surface area (Å²) in [6.07, 6.45) is 3.40. The van der Waals surface area contributed by atoms with E-state index in [1.54, 1.807) is 6.92 Å². The molecule has 0 aromatic carbocycles. The third-order valence-corrected chi connectivity index (χ3v) is 3.13. The Hall–Kier alpha value is -1.36. The van der Waals surface area contributed by atoms with Crippen molar-refractivity contribution in [3.8, 4) is 0 Å². The highest BCUT2D eigenvalue weighted by molar-refractivity contribution is 5.99. The smallest absolute Gasteiger partial charge is 0.335 e. The maximum Gasteiger partial charge on any atom is 0.335 e. The van der Waals surface area contributed by atoms with Gasteiger partial charge in [0, 0.05) is 12.1 Å². The largest absolute Gasteiger partial charge is 0.478 e. The van der Waals surface area contributed by atoms with E-state index in [2.05, 4.69) is 4.90 Å². The van der Waals surface area contributed by atoms with Crippen LogP contribution < -0.4 is 0 Å². The maximum absolute atomic E-state index is 11.8. The van der Waals surface area contributed by atoms with E-state index in [-0.39, 0.29) is 17.8 Å². The molecule has 18 heavy (non-hydrogen) atoms. The first-order chi connectivity index (χ1) is 8.56. The average Bonchev–Trinajstić information content (AvgIpc) is 2.36. The molecular weight excluding hydrogens is 234 g/mol. The Labute approximate surface area is 107 Å². The molecule has 0 spiro atoms. The molecule has 102 valence electrons. The van der Waals surface area contributed by atoms with Gasteiger partial charge in [-0.2, -0.15) is 0 Å². The molecular formula is C13H21NO4. The summed E-state index contributed by atoms with van der Waals surface area (Å²) < 4.78 is 4.93. The summed E-state index contributed by atoms with van der Waals surface area (Å²) >= 11 is 0. The van der Waals surface area contributed by atoms with Crippen LogP contribution in [0.15, 0.2) is 11.1 Å². The van der Waals surface area contributed by atoms with Crippen LogP contribution in [-0.2, 0) is 14.3 Å². The summed E-state index contributed by atoms with van der Waals surface area (Å²) in [5.41, 5.74) is 0.352. The number of piperidine rings is 1. The number of likely N-dealkylation sites (tertiary alicyclic amines) is 1. The monoisotopic (exact) mass is 255 g/mol. The Bertz CT molecular complexity index is 343. The molecule has 1 rings (SSSR count). The van der Waals surface area contributed by atoms with E-state index in [1.165, 1.54) is 13.3 Å². The molecule has 0 aliphatic carbocycles. The molecule has 1 saturated heterocycles. The molecule has 1 N–H and O–H groups in total. The van der Waals surface area contributed by atoms with Crippen LogP contribution in [0.1, 0.15) is 33.1 Å². The second-order valence-corrected chi connectivity index (χ2v) is 4.47. The zero-order valence-corrected chi connectivity index (χ0v) is 11.1. The first-order valence-electron chi connectivity index (χ1n) is 6.38. The van der Waals surface area contributed by atoms with Crippen molar-refractivity contribution in [2.24, 2.45) is 0 Å². The van der Waals surface area contributed by atoms with E-state index in [9.17, 15) is 9.59 Å². The molecule has 0 aromatic heterocycles. The van der Waals surface area contributed by atoms with Crippen molar-refractivity contribution in [3.05, 3.63) is 11.1 Å². The van der Waals surface area contributed by atoms with Crippen LogP contribution >= 0.6 is 0 Å². The number of hydrogen-bond donors (Lipinski definition) is 1. The van der Waals surface area contributed by atoms with Crippen molar-refractivity contribution in [1.82, 2.24) is 4.90 Å². The third-order valence-electron chi connectivity index (χ3n) is 3.13. The van der Waals surface area contributed by atoms with E-state index >= 15 is 0 Å². The molecule has 0 radical (unpaired) electrons. The van der Waals surface area contributed by atoms with Crippen molar-refractivity contribution < 1.29 is 19.4 Å². The highest BCUT2D eigenvalue weighted by Gasteiger charge is 2.22. The zero-order chi connectivity index (χ0) is 13.5. The van der Waals surface area contributed by atoms with Gasteiger partial charge in [-0.05, 0) is 39.8 Å².